The van der Waals surface area contributed by atoms with E-state index in [1.165, 1.54) is 4.31 Å². The van der Waals surface area contributed by atoms with Crippen molar-refractivity contribution in [1.29, 1.82) is 0 Å². The van der Waals surface area contributed by atoms with Crippen molar-refractivity contribution >= 4 is 32.0 Å². The van der Waals surface area contributed by atoms with E-state index in [4.69, 9.17) is 0 Å². The van der Waals surface area contributed by atoms with Crippen molar-refractivity contribution in [2.45, 2.75) is 13.3 Å². The number of hydrogen-bond donors (Lipinski definition) is 2. The highest BCUT2D eigenvalue weighted by Crippen LogP contribution is 2.12. The standard InChI is InChI=1S/C11H19BrN4O2S/c1-3-13-7-4-8-16(2)19(17,18)15-11-6-5-10(12)9-14-11/h5-6,9,13H,3-4,7-8H2,1-2H3,(H,14,15). The van der Waals surface area contributed by atoms with Crippen molar-refractivity contribution in [2.24, 2.45) is 0 Å². The average Bonchev–Trinajstić information content (AvgIpc) is 2.37. The number of nitrogens with one attached hydrogen (secondary N) is 2. The third-order valence-electron chi connectivity index (χ3n) is 2.45. The zero-order valence-electron chi connectivity index (χ0n) is 11.1. The molecule has 0 unspecified atom stereocenters. The molecule has 8 heteroatoms. The zero-order valence-corrected chi connectivity index (χ0v) is 13.5. The molecule has 0 fully saturated rings. The van der Waals surface area contributed by atoms with Crippen LogP contribution in [0, 0.1) is 0 Å². The maximum absolute atomic E-state index is 12.0. The Morgan fingerprint density at radius 2 is 2.16 bits per heavy atom. The normalized spacial score (nSPS) is 11.8. The second kappa shape index (κ2) is 7.78. The number of nitrogens with zero attached hydrogens (tertiary/aromatic N) is 2. The van der Waals surface area contributed by atoms with Gasteiger partial charge < -0.3 is 5.32 Å². The number of rotatable bonds is 8. The number of hydrogen-bond acceptors (Lipinski definition) is 4. The minimum absolute atomic E-state index is 0.307. The van der Waals surface area contributed by atoms with Crippen LogP contribution in [-0.2, 0) is 10.2 Å². The van der Waals surface area contributed by atoms with Crippen LogP contribution in [0.1, 0.15) is 13.3 Å². The molecule has 108 valence electrons. The molecule has 6 nitrogen and oxygen atoms in total. The molecule has 0 aromatic carbocycles. The number of pyridine rings is 1. The Morgan fingerprint density at radius 1 is 1.42 bits per heavy atom. The molecule has 0 bridgehead atoms. The Balaban J connectivity index is 2.52. The van der Waals surface area contributed by atoms with Crippen molar-refractivity contribution in [3.63, 3.8) is 0 Å². The second-order valence-corrected chi connectivity index (χ2v) is 6.69. The summed E-state index contributed by atoms with van der Waals surface area (Å²) in [5.41, 5.74) is 0. The van der Waals surface area contributed by atoms with Gasteiger partial charge in [0.05, 0.1) is 0 Å². The highest BCUT2D eigenvalue weighted by atomic mass is 79.9. The van der Waals surface area contributed by atoms with Crippen LogP contribution in [0.15, 0.2) is 22.8 Å². The third kappa shape index (κ3) is 5.85. The summed E-state index contributed by atoms with van der Waals surface area (Å²) >= 11 is 3.25. The van der Waals surface area contributed by atoms with Crippen molar-refractivity contribution in [3.05, 3.63) is 22.8 Å². The smallest absolute Gasteiger partial charge is 0.302 e. The molecule has 0 amide bonds. The van der Waals surface area contributed by atoms with E-state index in [0.29, 0.717) is 12.4 Å². The molecule has 0 aliphatic heterocycles. The number of aromatic nitrogens is 1. The molecule has 1 rings (SSSR count). The first-order valence-electron chi connectivity index (χ1n) is 6.02. The van der Waals surface area contributed by atoms with Gasteiger partial charge in [0.1, 0.15) is 5.82 Å². The van der Waals surface area contributed by atoms with Gasteiger partial charge in [0.15, 0.2) is 0 Å². The Labute approximate surface area is 122 Å². The summed E-state index contributed by atoms with van der Waals surface area (Å²) in [5, 5.41) is 3.15. The van der Waals surface area contributed by atoms with Crippen LogP contribution in [0.2, 0.25) is 0 Å². The maximum atomic E-state index is 12.0. The van der Waals surface area contributed by atoms with Crippen molar-refractivity contribution in [2.75, 3.05) is 31.4 Å². The molecule has 0 atom stereocenters. The fourth-order valence-corrected chi connectivity index (χ4v) is 2.51. The molecule has 2 N–H and O–H groups in total. The summed E-state index contributed by atoms with van der Waals surface area (Å²) in [6, 6.07) is 3.34. The number of halogens is 1. The largest absolute Gasteiger partial charge is 0.317 e. The van der Waals surface area contributed by atoms with E-state index in [-0.39, 0.29) is 0 Å². The summed E-state index contributed by atoms with van der Waals surface area (Å²) in [5.74, 6) is 0.307. The van der Waals surface area contributed by atoms with Crippen molar-refractivity contribution in [1.82, 2.24) is 14.6 Å². The van der Waals surface area contributed by atoms with E-state index in [9.17, 15) is 8.42 Å². The van der Waals surface area contributed by atoms with Gasteiger partial charge in [-0.25, -0.2) is 4.98 Å². The number of anilines is 1. The van der Waals surface area contributed by atoms with Gasteiger partial charge in [0, 0.05) is 24.3 Å². The van der Waals surface area contributed by atoms with Crippen LogP contribution >= 0.6 is 15.9 Å². The third-order valence-corrected chi connectivity index (χ3v) is 4.39. The Bertz CT molecular complexity index is 478. The van der Waals surface area contributed by atoms with E-state index in [1.807, 2.05) is 6.92 Å². The maximum Gasteiger partial charge on any atom is 0.302 e. The first-order valence-corrected chi connectivity index (χ1v) is 8.25. The Kier molecular flexibility index (Phi) is 6.70. The monoisotopic (exact) mass is 350 g/mol. The van der Waals surface area contributed by atoms with E-state index in [0.717, 1.165) is 24.0 Å². The van der Waals surface area contributed by atoms with Crippen LogP contribution in [0.25, 0.3) is 0 Å². The van der Waals surface area contributed by atoms with Gasteiger partial charge in [-0.3, -0.25) is 4.72 Å². The van der Waals surface area contributed by atoms with Gasteiger partial charge in [0.25, 0.3) is 0 Å². The molecule has 0 spiro atoms. The molecule has 0 radical (unpaired) electrons. The van der Waals surface area contributed by atoms with E-state index < -0.39 is 10.2 Å². The van der Waals surface area contributed by atoms with Gasteiger partial charge >= 0.3 is 10.2 Å². The zero-order chi connectivity index (χ0) is 14.3. The lowest BCUT2D eigenvalue weighted by Crippen LogP contribution is -2.34. The van der Waals surface area contributed by atoms with Gasteiger partial charge in [-0.2, -0.15) is 12.7 Å². The minimum atomic E-state index is -3.54. The summed E-state index contributed by atoms with van der Waals surface area (Å²) in [4.78, 5) is 3.98. The molecule has 19 heavy (non-hydrogen) atoms. The lowest BCUT2D eigenvalue weighted by molar-refractivity contribution is 0.459. The lowest BCUT2D eigenvalue weighted by atomic mass is 10.4. The van der Waals surface area contributed by atoms with Gasteiger partial charge in [-0.1, -0.05) is 6.92 Å². The van der Waals surface area contributed by atoms with Gasteiger partial charge in [-0.05, 0) is 47.6 Å². The molecule has 0 aliphatic carbocycles. The molecule has 1 heterocycles. The molecule has 0 aliphatic rings. The quantitative estimate of drug-likeness (QED) is 0.695. The van der Waals surface area contributed by atoms with E-state index in [2.05, 4.69) is 31.0 Å². The van der Waals surface area contributed by atoms with Crippen LogP contribution in [-0.4, -0.2) is 44.4 Å². The molecular weight excluding hydrogens is 332 g/mol. The summed E-state index contributed by atoms with van der Waals surface area (Å²) < 4.78 is 28.5. The first kappa shape index (κ1) is 16.4. The molecule has 0 saturated carbocycles. The lowest BCUT2D eigenvalue weighted by Gasteiger charge is -2.17. The Hall–Kier alpha value is -0.700. The van der Waals surface area contributed by atoms with E-state index in [1.54, 1.807) is 25.4 Å². The van der Waals surface area contributed by atoms with E-state index >= 15 is 0 Å². The van der Waals surface area contributed by atoms with Gasteiger partial charge in [-0.15, -0.1) is 0 Å². The van der Waals surface area contributed by atoms with Crippen LogP contribution in [0.5, 0.6) is 0 Å². The summed E-state index contributed by atoms with van der Waals surface area (Å²) in [6.07, 6.45) is 2.31. The topological polar surface area (TPSA) is 74.3 Å². The highest BCUT2D eigenvalue weighted by molar-refractivity contribution is 9.10. The molecule has 1 aromatic heterocycles. The molecule has 1 aromatic rings. The van der Waals surface area contributed by atoms with Crippen LogP contribution in [0.3, 0.4) is 0 Å². The van der Waals surface area contributed by atoms with Crippen LogP contribution in [0.4, 0.5) is 5.82 Å². The Morgan fingerprint density at radius 3 is 2.74 bits per heavy atom. The highest BCUT2D eigenvalue weighted by Gasteiger charge is 2.17. The SMILES string of the molecule is CCNCCCN(C)S(=O)(=O)Nc1ccc(Br)cn1. The van der Waals surface area contributed by atoms with Crippen molar-refractivity contribution in [3.8, 4) is 0 Å². The predicted octanol–water partition coefficient (Wildman–Crippen LogP) is 1.43. The molecular formula is C11H19BrN4O2S. The van der Waals surface area contributed by atoms with Crippen molar-refractivity contribution < 1.29 is 8.42 Å². The predicted molar refractivity (Wildman–Crippen MR) is 80.3 cm³/mol. The first-order chi connectivity index (χ1) is 8.95. The fourth-order valence-electron chi connectivity index (χ4n) is 1.37. The summed E-state index contributed by atoms with van der Waals surface area (Å²) in [7, 11) is -1.99. The van der Waals surface area contributed by atoms with Gasteiger partial charge in [0.2, 0.25) is 0 Å². The average molecular weight is 351 g/mol. The summed E-state index contributed by atoms with van der Waals surface area (Å²) in [6.45, 7) is 4.16. The minimum Gasteiger partial charge on any atom is -0.317 e. The second-order valence-electron chi connectivity index (χ2n) is 4.00. The molecule has 0 saturated heterocycles. The fraction of sp³-hybridized carbons (Fsp3) is 0.545. The van der Waals surface area contributed by atoms with Crippen LogP contribution < -0.4 is 10.0 Å².